The number of amides is 1. The van der Waals surface area contributed by atoms with Crippen LogP contribution in [0.1, 0.15) is 65.7 Å². The number of nitrogens with one attached hydrogen (secondary N) is 1. The maximum absolute atomic E-state index is 12.5. The van der Waals surface area contributed by atoms with Crippen LogP contribution in [0, 0.1) is 23.2 Å². The third-order valence-electron chi connectivity index (χ3n) is 5.58. The fourth-order valence-corrected chi connectivity index (χ4v) is 3.89. The van der Waals surface area contributed by atoms with E-state index in [1.165, 1.54) is 0 Å². The Balaban J connectivity index is 1.92. The van der Waals surface area contributed by atoms with E-state index in [1.54, 1.807) is 0 Å². The van der Waals surface area contributed by atoms with Crippen LogP contribution >= 0.6 is 0 Å². The molecule has 2 N–H and O–H groups in total. The number of carbonyl (C=O) groups excluding carboxylic acids is 1. The maximum Gasteiger partial charge on any atom is 0.307 e. The lowest BCUT2D eigenvalue weighted by atomic mass is 9.75. The van der Waals surface area contributed by atoms with E-state index in [0.29, 0.717) is 17.8 Å². The van der Waals surface area contributed by atoms with E-state index in [4.69, 9.17) is 0 Å². The van der Waals surface area contributed by atoms with E-state index in [-0.39, 0.29) is 17.9 Å². The predicted octanol–water partition coefficient (Wildman–Crippen LogP) is 3.21. The molecule has 0 aromatic carbocycles. The molecule has 3 atom stereocenters. The van der Waals surface area contributed by atoms with Crippen molar-refractivity contribution in [3.8, 4) is 0 Å². The fourth-order valence-electron chi connectivity index (χ4n) is 3.89. The van der Waals surface area contributed by atoms with Gasteiger partial charge in [0.1, 0.15) is 0 Å². The molecule has 0 bridgehead atoms. The Labute approximate surface area is 127 Å². The molecule has 0 radical (unpaired) electrons. The van der Waals surface area contributed by atoms with Gasteiger partial charge in [-0.25, -0.2) is 0 Å². The number of carbonyl (C=O) groups is 2. The van der Waals surface area contributed by atoms with Gasteiger partial charge in [-0.3, -0.25) is 9.59 Å². The van der Waals surface area contributed by atoms with Gasteiger partial charge in [0.2, 0.25) is 5.91 Å². The van der Waals surface area contributed by atoms with Crippen molar-refractivity contribution >= 4 is 11.9 Å². The highest BCUT2D eigenvalue weighted by molar-refractivity contribution is 5.85. The van der Waals surface area contributed by atoms with Crippen LogP contribution < -0.4 is 5.32 Å². The molecule has 0 aromatic heterocycles. The lowest BCUT2D eigenvalue weighted by Crippen LogP contribution is -2.43. The van der Waals surface area contributed by atoms with Crippen LogP contribution in [0.4, 0.5) is 0 Å². The second kappa shape index (κ2) is 6.37. The van der Waals surface area contributed by atoms with Crippen LogP contribution in [0.2, 0.25) is 0 Å². The van der Waals surface area contributed by atoms with Crippen molar-refractivity contribution in [2.24, 2.45) is 23.2 Å². The lowest BCUT2D eigenvalue weighted by molar-refractivity contribution is -0.146. The molecule has 2 fully saturated rings. The molecule has 2 aliphatic rings. The standard InChI is InChI=1S/C17H29NO3/c1-4-11-9-13(14(10-11)16(20)21)15(19)18-12-5-7-17(2,3)8-6-12/h11-14H,4-10H2,1-3H3,(H,18,19)(H,20,21). The largest absolute Gasteiger partial charge is 0.481 e. The summed E-state index contributed by atoms with van der Waals surface area (Å²) in [6.07, 6.45) is 6.64. The zero-order valence-corrected chi connectivity index (χ0v) is 13.5. The molecular weight excluding hydrogens is 266 g/mol. The summed E-state index contributed by atoms with van der Waals surface area (Å²) >= 11 is 0. The van der Waals surface area contributed by atoms with Gasteiger partial charge in [-0.15, -0.1) is 0 Å². The zero-order valence-electron chi connectivity index (χ0n) is 13.5. The van der Waals surface area contributed by atoms with E-state index >= 15 is 0 Å². The van der Waals surface area contributed by atoms with Crippen LogP contribution in [0.3, 0.4) is 0 Å². The highest BCUT2D eigenvalue weighted by Crippen LogP contribution is 2.39. The molecule has 0 spiro atoms. The highest BCUT2D eigenvalue weighted by atomic mass is 16.4. The van der Waals surface area contributed by atoms with E-state index in [0.717, 1.165) is 38.5 Å². The smallest absolute Gasteiger partial charge is 0.307 e. The average Bonchev–Trinajstić information content (AvgIpc) is 2.85. The summed E-state index contributed by atoms with van der Waals surface area (Å²) < 4.78 is 0. The van der Waals surface area contributed by atoms with Crippen LogP contribution in [0.5, 0.6) is 0 Å². The Morgan fingerprint density at radius 2 is 1.71 bits per heavy atom. The molecular formula is C17H29NO3. The van der Waals surface area contributed by atoms with Crippen molar-refractivity contribution < 1.29 is 14.7 Å². The van der Waals surface area contributed by atoms with Crippen LogP contribution in [0.25, 0.3) is 0 Å². The van der Waals surface area contributed by atoms with Gasteiger partial charge >= 0.3 is 5.97 Å². The first-order valence-electron chi connectivity index (χ1n) is 8.35. The monoisotopic (exact) mass is 295 g/mol. The molecule has 3 unspecified atom stereocenters. The third kappa shape index (κ3) is 3.98. The third-order valence-corrected chi connectivity index (χ3v) is 5.58. The van der Waals surface area contributed by atoms with Crippen LogP contribution in [-0.2, 0) is 9.59 Å². The first-order valence-corrected chi connectivity index (χ1v) is 8.35. The molecule has 120 valence electrons. The SMILES string of the molecule is CCC1CC(C(=O)O)C(C(=O)NC2CCC(C)(C)CC2)C1. The van der Waals surface area contributed by atoms with E-state index in [2.05, 4.69) is 26.1 Å². The minimum absolute atomic E-state index is 0.0249. The minimum atomic E-state index is -0.809. The number of hydrogen-bond acceptors (Lipinski definition) is 2. The Kier molecular flexibility index (Phi) is 4.95. The average molecular weight is 295 g/mol. The number of carboxylic acid groups (broad SMARTS) is 1. The minimum Gasteiger partial charge on any atom is -0.481 e. The molecule has 1 amide bonds. The van der Waals surface area contributed by atoms with Crippen molar-refractivity contribution in [1.82, 2.24) is 5.32 Å². The van der Waals surface area contributed by atoms with Crippen molar-refractivity contribution in [2.75, 3.05) is 0 Å². The summed E-state index contributed by atoms with van der Waals surface area (Å²) in [4.78, 5) is 23.9. The van der Waals surface area contributed by atoms with Gasteiger partial charge in [-0.2, -0.15) is 0 Å². The molecule has 21 heavy (non-hydrogen) atoms. The van der Waals surface area contributed by atoms with Crippen LogP contribution in [-0.4, -0.2) is 23.0 Å². The van der Waals surface area contributed by atoms with Gasteiger partial charge in [0.25, 0.3) is 0 Å². The first kappa shape index (κ1) is 16.3. The Bertz CT molecular complexity index is 395. The molecule has 0 saturated heterocycles. The number of aliphatic carboxylic acids is 1. The van der Waals surface area contributed by atoms with Crippen molar-refractivity contribution in [2.45, 2.75) is 71.8 Å². The zero-order chi connectivity index (χ0) is 15.6. The molecule has 0 aromatic rings. The van der Waals surface area contributed by atoms with Gasteiger partial charge in [0, 0.05) is 6.04 Å². The molecule has 4 heteroatoms. The topological polar surface area (TPSA) is 66.4 Å². The summed E-state index contributed by atoms with van der Waals surface area (Å²) in [5, 5.41) is 12.5. The molecule has 2 aliphatic carbocycles. The lowest BCUT2D eigenvalue weighted by Gasteiger charge is -2.35. The van der Waals surface area contributed by atoms with Gasteiger partial charge < -0.3 is 10.4 Å². The molecule has 2 rings (SSSR count). The normalized spacial score (nSPS) is 32.8. The predicted molar refractivity (Wildman–Crippen MR) is 81.8 cm³/mol. The van der Waals surface area contributed by atoms with Crippen molar-refractivity contribution in [1.29, 1.82) is 0 Å². The summed E-state index contributed by atoms with van der Waals surface area (Å²) in [6, 6.07) is 0.237. The Morgan fingerprint density at radius 1 is 1.14 bits per heavy atom. The number of carboxylic acids is 1. The summed E-state index contributed by atoms with van der Waals surface area (Å²) in [7, 11) is 0. The van der Waals surface area contributed by atoms with Crippen LogP contribution in [0.15, 0.2) is 0 Å². The highest BCUT2D eigenvalue weighted by Gasteiger charge is 2.42. The maximum atomic E-state index is 12.5. The molecule has 4 nitrogen and oxygen atoms in total. The first-order chi connectivity index (χ1) is 9.82. The molecule has 2 saturated carbocycles. The second-order valence-electron chi connectivity index (χ2n) is 7.74. The summed E-state index contributed by atoms with van der Waals surface area (Å²) in [5.41, 5.74) is 0.380. The molecule has 0 aliphatic heterocycles. The number of hydrogen-bond donors (Lipinski definition) is 2. The van der Waals surface area contributed by atoms with Crippen molar-refractivity contribution in [3.63, 3.8) is 0 Å². The van der Waals surface area contributed by atoms with E-state index < -0.39 is 11.9 Å². The Hall–Kier alpha value is -1.06. The Morgan fingerprint density at radius 3 is 2.24 bits per heavy atom. The molecule has 0 heterocycles. The summed E-state index contributed by atoms with van der Waals surface area (Å²) in [6.45, 7) is 6.62. The van der Waals surface area contributed by atoms with Gasteiger partial charge in [0.05, 0.1) is 11.8 Å². The van der Waals surface area contributed by atoms with Crippen molar-refractivity contribution in [3.05, 3.63) is 0 Å². The quantitative estimate of drug-likeness (QED) is 0.837. The second-order valence-corrected chi connectivity index (χ2v) is 7.74. The van der Waals surface area contributed by atoms with Gasteiger partial charge in [0.15, 0.2) is 0 Å². The summed E-state index contributed by atoms with van der Waals surface area (Å²) in [5.74, 6) is -1.27. The van der Waals surface area contributed by atoms with Gasteiger partial charge in [-0.1, -0.05) is 27.2 Å². The van der Waals surface area contributed by atoms with E-state index in [9.17, 15) is 14.7 Å². The van der Waals surface area contributed by atoms with Gasteiger partial charge in [-0.05, 0) is 49.9 Å². The number of rotatable bonds is 4. The van der Waals surface area contributed by atoms with E-state index in [1.807, 2.05) is 0 Å². The fraction of sp³-hybridized carbons (Fsp3) is 0.882.